The molecule has 0 aliphatic rings. The highest BCUT2D eigenvalue weighted by Crippen LogP contribution is 2.25. The number of ether oxygens (including phenoxy) is 2. The molecule has 2 aromatic rings. The summed E-state index contributed by atoms with van der Waals surface area (Å²) in [7, 11) is 0. The first kappa shape index (κ1) is 18.9. The lowest BCUT2D eigenvalue weighted by atomic mass is 10.1. The number of carbonyl (C=O) groups is 2. The summed E-state index contributed by atoms with van der Waals surface area (Å²) in [5.41, 5.74) is 6.28. The van der Waals surface area contributed by atoms with Crippen molar-refractivity contribution in [2.24, 2.45) is 5.73 Å². The summed E-state index contributed by atoms with van der Waals surface area (Å²) >= 11 is 3.21. The van der Waals surface area contributed by atoms with Gasteiger partial charge in [0.1, 0.15) is 11.6 Å². The van der Waals surface area contributed by atoms with Gasteiger partial charge in [0.2, 0.25) is 5.91 Å². The molecule has 0 aliphatic heterocycles. The molecular formula is C18H17BrFNO4. The maximum atomic E-state index is 13.0. The second-order valence-corrected chi connectivity index (χ2v) is 6.09. The van der Waals surface area contributed by atoms with Crippen LogP contribution in [0.25, 0.3) is 0 Å². The maximum Gasteiger partial charge on any atom is 0.310 e. The number of carbonyl (C=O) groups excluding carboxylic acids is 2. The number of hydrogen-bond donors (Lipinski definition) is 1. The molecule has 0 unspecified atom stereocenters. The first-order valence-corrected chi connectivity index (χ1v) is 8.37. The fourth-order valence-corrected chi connectivity index (χ4v) is 2.49. The molecule has 2 aromatic carbocycles. The van der Waals surface area contributed by atoms with E-state index in [1.807, 2.05) is 0 Å². The zero-order valence-electron chi connectivity index (χ0n) is 13.3. The topological polar surface area (TPSA) is 78.6 Å². The molecule has 0 heterocycles. The number of benzene rings is 2. The first-order chi connectivity index (χ1) is 12.0. The molecule has 0 saturated carbocycles. The number of rotatable bonds is 8. The first-order valence-electron chi connectivity index (χ1n) is 7.58. The van der Waals surface area contributed by atoms with Crippen molar-refractivity contribution in [3.8, 4) is 5.75 Å². The van der Waals surface area contributed by atoms with Crippen molar-refractivity contribution in [2.45, 2.75) is 12.8 Å². The monoisotopic (exact) mass is 409 g/mol. The molecular weight excluding hydrogens is 393 g/mol. The van der Waals surface area contributed by atoms with Crippen molar-refractivity contribution in [3.63, 3.8) is 0 Å². The molecule has 0 saturated heterocycles. The Morgan fingerprint density at radius 1 is 1.08 bits per heavy atom. The van der Waals surface area contributed by atoms with Crippen molar-refractivity contribution in [3.05, 3.63) is 63.9 Å². The highest BCUT2D eigenvalue weighted by molar-refractivity contribution is 9.10. The number of primary amides is 1. The van der Waals surface area contributed by atoms with Gasteiger partial charge in [0.25, 0.3) is 0 Å². The minimum absolute atomic E-state index is 0.114. The van der Waals surface area contributed by atoms with Crippen LogP contribution in [-0.4, -0.2) is 25.1 Å². The summed E-state index contributed by atoms with van der Waals surface area (Å²) in [5, 5.41) is 0. The molecule has 2 N–H and O–H groups in total. The average molecular weight is 410 g/mol. The molecule has 0 bridgehead atoms. The zero-order valence-corrected chi connectivity index (χ0v) is 14.9. The van der Waals surface area contributed by atoms with Gasteiger partial charge in [-0.15, -0.1) is 0 Å². The number of esters is 1. The van der Waals surface area contributed by atoms with Crippen LogP contribution in [0.5, 0.6) is 5.75 Å². The second kappa shape index (κ2) is 9.17. The molecule has 0 aliphatic carbocycles. The second-order valence-electron chi connectivity index (χ2n) is 5.24. The molecule has 0 atom stereocenters. The van der Waals surface area contributed by atoms with Crippen LogP contribution >= 0.6 is 15.9 Å². The third kappa shape index (κ3) is 6.19. The number of amides is 1. The van der Waals surface area contributed by atoms with Gasteiger partial charge in [-0.3, -0.25) is 9.59 Å². The maximum absolute atomic E-state index is 13.0. The predicted molar refractivity (Wildman–Crippen MR) is 93.8 cm³/mol. The minimum atomic E-state index is -0.512. The molecule has 0 spiro atoms. The van der Waals surface area contributed by atoms with E-state index >= 15 is 0 Å². The molecule has 25 heavy (non-hydrogen) atoms. The van der Waals surface area contributed by atoms with E-state index in [4.69, 9.17) is 15.2 Å². The summed E-state index contributed by atoms with van der Waals surface area (Å²) in [4.78, 5) is 22.7. The van der Waals surface area contributed by atoms with Crippen LogP contribution in [0, 0.1) is 5.82 Å². The number of hydrogen-bond acceptors (Lipinski definition) is 4. The van der Waals surface area contributed by atoms with Gasteiger partial charge in [0.05, 0.1) is 24.1 Å². The van der Waals surface area contributed by atoms with Crippen LogP contribution in [0.4, 0.5) is 4.39 Å². The van der Waals surface area contributed by atoms with Gasteiger partial charge in [0, 0.05) is 12.0 Å². The van der Waals surface area contributed by atoms with Gasteiger partial charge in [-0.25, -0.2) is 4.39 Å². The van der Waals surface area contributed by atoms with E-state index in [0.717, 1.165) is 5.56 Å². The summed E-state index contributed by atoms with van der Waals surface area (Å²) < 4.78 is 24.1. The van der Waals surface area contributed by atoms with E-state index in [-0.39, 0.29) is 24.8 Å². The van der Waals surface area contributed by atoms with Crippen LogP contribution in [0.3, 0.4) is 0 Å². The van der Waals surface area contributed by atoms with Crippen molar-refractivity contribution < 1.29 is 23.5 Å². The summed E-state index contributed by atoms with van der Waals surface area (Å²) in [5.74, 6) is -0.698. The van der Waals surface area contributed by atoms with Crippen molar-refractivity contribution >= 4 is 27.8 Å². The van der Waals surface area contributed by atoms with Gasteiger partial charge in [0.15, 0.2) is 0 Å². The Bertz CT molecular complexity index is 749. The molecule has 0 aromatic heterocycles. The Morgan fingerprint density at radius 2 is 1.80 bits per heavy atom. The minimum Gasteiger partial charge on any atom is -0.492 e. The standard InChI is InChI=1S/C18H17BrFNO4/c19-15-11-14(20)6-7-16(15)24-8-1-9-25-17(22)10-12-2-4-13(5-3-12)18(21)23/h2-7,11H,1,8-10H2,(H2,21,23). The normalized spacial score (nSPS) is 10.3. The van der Waals surface area contributed by atoms with E-state index in [1.54, 1.807) is 24.3 Å². The van der Waals surface area contributed by atoms with E-state index in [9.17, 15) is 14.0 Å². The lowest BCUT2D eigenvalue weighted by molar-refractivity contribution is -0.143. The van der Waals surface area contributed by atoms with Crippen LogP contribution in [0.2, 0.25) is 0 Å². The van der Waals surface area contributed by atoms with Crippen LogP contribution in [0.1, 0.15) is 22.3 Å². The summed E-state index contributed by atoms with van der Waals surface area (Å²) in [6.45, 7) is 0.557. The Kier molecular flexibility index (Phi) is 6.94. The average Bonchev–Trinajstić information content (AvgIpc) is 2.56. The van der Waals surface area contributed by atoms with Gasteiger partial charge >= 0.3 is 5.97 Å². The highest BCUT2D eigenvalue weighted by Gasteiger charge is 2.07. The van der Waals surface area contributed by atoms with E-state index < -0.39 is 5.91 Å². The highest BCUT2D eigenvalue weighted by atomic mass is 79.9. The molecule has 132 valence electrons. The Hall–Kier alpha value is -2.41. The Labute approximate surface area is 153 Å². The van der Waals surface area contributed by atoms with Gasteiger partial charge < -0.3 is 15.2 Å². The van der Waals surface area contributed by atoms with Gasteiger partial charge in [-0.05, 0) is 51.8 Å². The van der Waals surface area contributed by atoms with Crippen LogP contribution < -0.4 is 10.5 Å². The molecule has 1 amide bonds. The van der Waals surface area contributed by atoms with Crippen LogP contribution in [-0.2, 0) is 16.0 Å². The van der Waals surface area contributed by atoms with Gasteiger partial charge in [-0.2, -0.15) is 0 Å². The van der Waals surface area contributed by atoms with E-state index in [2.05, 4.69) is 15.9 Å². The summed E-state index contributed by atoms with van der Waals surface area (Å²) in [6, 6.07) is 10.6. The molecule has 5 nitrogen and oxygen atoms in total. The zero-order chi connectivity index (χ0) is 18.2. The fraction of sp³-hybridized carbons (Fsp3) is 0.222. The fourth-order valence-electron chi connectivity index (χ4n) is 2.02. The summed E-state index contributed by atoms with van der Waals surface area (Å²) in [6.07, 6.45) is 0.625. The Balaban J connectivity index is 1.67. The van der Waals surface area contributed by atoms with E-state index in [1.165, 1.54) is 18.2 Å². The third-order valence-corrected chi connectivity index (χ3v) is 3.91. The smallest absolute Gasteiger partial charge is 0.310 e. The van der Waals surface area contributed by atoms with Crippen molar-refractivity contribution in [2.75, 3.05) is 13.2 Å². The Morgan fingerprint density at radius 3 is 2.44 bits per heavy atom. The lowest BCUT2D eigenvalue weighted by Crippen LogP contribution is -2.12. The largest absolute Gasteiger partial charge is 0.492 e. The number of nitrogens with two attached hydrogens (primary N) is 1. The molecule has 0 fully saturated rings. The predicted octanol–water partition coefficient (Wildman–Crippen LogP) is 3.24. The lowest BCUT2D eigenvalue weighted by Gasteiger charge is -2.09. The van der Waals surface area contributed by atoms with Crippen molar-refractivity contribution in [1.82, 2.24) is 0 Å². The van der Waals surface area contributed by atoms with Gasteiger partial charge in [-0.1, -0.05) is 12.1 Å². The molecule has 2 rings (SSSR count). The number of halogens is 2. The quantitative estimate of drug-likeness (QED) is 0.536. The van der Waals surface area contributed by atoms with Crippen LogP contribution in [0.15, 0.2) is 46.9 Å². The van der Waals surface area contributed by atoms with Crippen molar-refractivity contribution in [1.29, 1.82) is 0 Å². The van der Waals surface area contributed by atoms with E-state index in [0.29, 0.717) is 28.8 Å². The molecule has 0 radical (unpaired) electrons. The SMILES string of the molecule is NC(=O)c1ccc(CC(=O)OCCCOc2ccc(F)cc2Br)cc1. The third-order valence-electron chi connectivity index (χ3n) is 3.29. The molecule has 7 heteroatoms.